The standard InChI is InChI=1S/C16H21N3/c1-4-10-19-15(17)14(11-12(2)3)18-16(19)13-8-6-5-7-9-13/h4-9,12H,1,10-11,17H2,2-3H3. The summed E-state index contributed by atoms with van der Waals surface area (Å²) in [4.78, 5) is 4.73. The smallest absolute Gasteiger partial charge is 0.142 e. The van der Waals surface area contributed by atoms with Gasteiger partial charge in [-0.2, -0.15) is 0 Å². The van der Waals surface area contributed by atoms with E-state index < -0.39 is 0 Å². The largest absolute Gasteiger partial charge is 0.384 e. The zero-order chi connectivity index (χ0) is 13.8. The number of aromatic nitrogens is 2. The lowest BCUT2D eigenvalue weighted by molar-refractivity contribution is 0.638. The molecule has 19 heavy (non-hydrogen) atoms. The lowest BCUT2D eigenvalue weighted by Crippen LogP contribution is -2.05. The predicted molar refractivity (Wildman–Crippen MR) is 80.8 cm³/mol. The molecule has 0 fully saturated rings. The topological polar surface area (TPSA) is 43.8 Å². The molecule has 0 aliphatic carbocycles. The number of imidazole rings is 1. The summed E-state index contributed by atoms with van der Waals surface area (Å²) in [7, 11) is 0. The average Bonchev–Trinajstić information content (AvgIpc) is 2.69. The maximum atomic E-state index is 6.23. The van der Waals surface area contributed by atoms with Crippen LogP contribution in [0.15, 0.2) is 43.0 Å². The van der Waals surface area contributed by atoms with Crippen molar-refractivity contribution in [1.82, 2.24) is 9.55 Å². The number of hydrogen-bond acceptors (Lipinski definition) is 2. The van der Waals surface area contributed by atoms with Crippen molar-refractivity contribution in [1.29, 1.82) is 0 Å². The molecule has 0 bridgehead atoms. The SMILES string of the molecule is C=CCn1c(-c2ccccc2)nc(CC(C)C)c1N. The van der Waals surface area contributed by atoms with Crippen LogP contribution in [0.1, 0.15) is 19.5 Å². The quantitative estimate of drug-likeness (QED) is 0.831. The first-order valence-electron chi connectivity index (χ1n) is 6.64. The monoisotopic (exact) mass is 255 g/mol. The van der Waals surface area contributed by atoms with E-state index in [0.717, 1.165) is 29.3 Å². The van der Waals surface area contributed by atoms with Crippen molar-refractivity contribution in [3.8, 4) is 11.4 Å². The van der Waals surface area contributed by atoms with E-state index in [1.54, 1.807) is 0 Å². The second kappa shape index (κ2) is 5.74. The van der Waals surface area contributed by atoms with Crippen LogP contribution in [0.4, 0.5) is 5.82 Å². The van der Waals surface area contributed by atoms with Gasteiger partial charge < -0.3 is 10.3 Å². The molecule has 2 aromatic rings. The van der Waals surface area contributed by atoms with E-state index in [0.29, 0.717) is 12.5 Å². The molecule has 3 nitrogen and oxygen atoms in total. The number of nitrogens with two attached hydrogens (primary N) is 1. The molecule has 1 aromatic heterocycles. The van der Waals surface area contributed by atoms with Gasteiger partial charge in [0.05, 0.1) is 5.69 Å². The Bertz CT molecular complexity index is 553. The van der Waals surface area contributed by atoms with Crippen molar-refractivity contribution in [2.24, 2.45) is 5.92 Å². The molecule has 3 heteroatoms. The van der Waals surface area contributed by atoms with Gasteiger partial charge in [0, 0.05) is 12.1 Å². The van der Waals surface area contributed by atoms with Gasteiger partial charge in [0.15, 0.2) is 0 Å². The predicted octanol–water partition coefficient (Wildman–Crippen LogP) is 3.52. The number of anilines is 1. The van der Waals surface area contributed by atoms with Crippen molar-refractivity contribution in [3.05, 3.63) is 48.7 Å². The summed E-state index contributed by atoms with van der Waals surface area (Å²) < 4.78 is 2.03. The van der Waals surface area contributed by atoms with Crippen LogP contribution in [-0.4, -0.2) is 9.55 Å². The third-order valence-electron chi connectivity index (χ3n) is 3.03. The third-order valence-corrected chi connectivity index (χ3v) is 3.03. The van der Waals surface area contributed by atoms with Crippen LogP contribution >= 0.6 is 0 Å². The van der Waals surface area contributed by atoms with Crippen LogP contribution in [0.25, 0.3) is 11.4 Å². The summed E-state index contributed by atoms with van der Waals surface area (Å²) in [5, 5.41) is 0. The molecule has 2 rings (SSSR count). The van der Waals surface area contributed by atoms with Crippen LogP contribution < -0.4 is 5.73 Å². The molecule has 0 radical (unpaired) electrons. The second-order valence-corrected chi connectivity index (χ2v) is 5.13. The first-order chi connectivity index (χ1) is 9.13. The normalized spacial score (nSPS) is 10.9. The first-order valence-corrected chi connectivity index (χ1v) is 6.64. The molecule has 0 spiro atoms. The summed E-state index contributed by atoms with van der Waals surface area (Å²) in [5.41, 5.74) is 8.30. The molecular formula is C16H21N3. The van der Waals surface area contributed by atoms with Crippen LogP contribution in [0, 0.1) is 5.92 Å². The number of benzene rings is 1. The van der Waals surface area contributed by atoms with Crippen molar-refractivity contribution in [2.45, 2.75) is 26.8 Å². The molecule has 2 N–H and O–H groups in total. The molecule has 0 aliphatic heterocycles. The van der Waals surface area contributed by atoms with Crippen LogP contribution in [0.5, 0.6) is 0 Å². The van der Waals surface area contributed by atoms with E-state index in [9.17, 15) is 0 Å². The number of allylic oxidation sites excluding steroid dienone is 1. The second-order valence-electron chi connectivity index (χ2n) is 5.13. The summed E-state index contributed by atoms with van der Waals surface area (Å²) in [6, 6.07) is 10.1. The van der Waals surface area contributed by atoms with Gasteiger partial charge in [-0.25, -0.2) is 4.98 Å². The van der Waals surface area contributed by atoms with E-state index >= 15 is 0 Å². The van der Waals surface area contributed by atoms with Crippen molar-refractivity contribution < 1.29 is 0 Å². The fourth-order valence-corrected chi connectivity index (χ4v) is 2.17. The molecule has 0 atom stereocenters. The molecule has 100 valence electrons. The van der Waals surface area contributed by atoms with E-state index in [1.165, 1.54) is 0 Å². The van der Waals surface area contributed by atoms with Crippen molar-refractivity contribution >= 4 is 5.82 Å². The Kier molecular flexibility index (Phi) is 4.05. The molecule has 0 saturated heterocycles. The number of nitrogens with zero attached hydrogens (tertiary/aromatic N) is 2. The molecule has 1 aromatic carbocycles. The van der Waals surface area contributed by atoms with Gasteiger partial charge >= 0.3 is 0 Å². The van der Waals surface area contributed by atoms with Gasteiger partial charge in [0.1, 0.15) is 11.6 Å². The van der Waals surface area contributed by atoms with Gasteiger partial charge in [-0.15, -0.1) is 6.58 Å². The Balaban J connectivity index is 2.50. The lowest BCUT2D eigenvalue weighted by atomic mass is 10.1. The van der Waals surface area contributed by atoms with E-state index in [1.807, 2.05) is 28.8 Å². The lowest BCUT2D eigenvalue weighted by Gasteiger charge is -2.07. The summed E-state index contributed by atoms with van der Waals surface area (Å²) in [6.07, 6.45) is 2.75. The fourth-order valence-electron chi connectivity index (χ4n) is 2.17. The molecule has 0 saturated carbocycles. The Morgan fingerprint density at radius 2 is 2.00 bits per heavy atom. The minimum Gasteiger partial charge on any atom is -0.384 e. The molecule has 0 aliphatic rings. The highest BCUT2D eigenvalue weighted by Gasteiger charge is 2.15. The third kappa shape index (κ3) is 2.87. The summed E-state index contributed by atoms with van der Waals surface area (Å²) >= 11 is 0. The number of rotatable bonds is 5. The minimum atomic E-state index is 0.540. The van der Waals surface area contributed by atoms with E-state index in [2.05, 4.69) is 32.6 Å². The fraction of sp³-hybridized carbons (Fsp3) is 0.312. The molecule has 1 heterocycles. The van der Waals surface area contributed by atoms with Crippen LogP contribution in [-0.2, 0) is 13.0 Å². The zero-order valence-corrected chi connectivity index (χ0v) is 11.6. The van der Waals surface area contributed by atoms with Crippen molar-refractivity contribution in [2.75, 3.05) is 5.73 Å². The number of hydrogen-bond donors (Lipinski definition) is 1. The molecular weight excluding hydrogens is 234 g/mol. The zero-order valence-electron chi connectivity index (χ0n) is 11.6. The van der Waals surface area contributed by atoms with Gasteiger partial charge in [-0.3, -0.25) is 0 Å². The Labute approximate surface area is 114 Å². The Morgan fingerprint density at radius 1 is 1.32 bits per heavy atom. The highest BCUT2D eigenvalue weighted by atomic mass is 15.1. The maximum Gasteiger partial charge on any atom is 0.142 e. The highest BCUT2D eigenvalue weighted by Crippen LogP contribution is 2.25. The van der Waals surface area contributed by atoms with Gasteiger partial charge in [0.25, 0.3) is 0 Å². The van der Waals surface area contributed by atoms with Gasteiger partial charge in [0.2, 0.25) is 0 Å². The van der Waals surface area contributed by atoms with Crippen LogP contribution in [0.3, 0.4) is 0 Å². The highest BCUT2D eigenvalue weighted by molar-refractivity contribution is 5.60. The van der Waals surface area contributed by atoms with Crippen LogP contribution in [0.2, 0.25) is 0 Å². The first kappa shape index (κ1) is 13.4. The van der Waals surface area contributed by atoms with Crippen molar-refractivity contribution in [3.63, 3.8) is 0 Å². The number of nitrogen functional groups attached to an aromatic ring is 1. The van der Waals surface area contributed by atoms with E-state index in [-0.39, 0.29) is 0 Å². The Hall–Kier alpha value is -2.03. The average molecular weight is 255 g/mol. The molecule has 0 unspecified atom stereocenters. The summed E-state index contributed by atoms with van der Waals surface area (Å²) in [5.74, 6) is 2.22. The molecule has 0 amide bonds. The minimum absolute atomic E-state index is 0.540. The van der Waals surface area contributed by atoms with Gasteiger partial charge in [-0.1, -0.05) is 50.3 Å². The Morgan fingerprint density at radius 3 is 2.58 bits per heavy atom. The summed E-state index contributed by atoms with van der Waals surface area (Å²) in [6.45, 7) is 8.83. The van der Waals surface area contributed by atoms with E-state index in [4.69, 9.17) is 10.7 Å². The van der Waals surface area contributed by atoms with Gasteiger partial charge in [-0.05, 0) is 12.3 Å². The maximum absolute atomic E-state index is 6.23.